The molecule has 1 aromatic heterocycles. The Bertz CT molecular complexity index is 2530. The molecule has 202 valence electrons. The lowest BCUT2D eigenvalue weighted by Gasteiger charge is -2.20. The molecule has 0 radical (unpaired) electrons. The molecule has 8 aromatic carbocycles. The van der Waals surface area contributed by atoms with Crippen LogP contribution in [0.5, 0.6) is 0 Å². The fourth-order valence-electron chi connectivity index (χ4n) is 7.50. The molecular formula is C42H29N. The molecule has 0 aliphatic heterocycles. The average Bonchev–Trinajstić information content (AvgIpc) is 3.39. The zero-order valence-electron chi connectivity index (χ0n) is 24.2. The number of aryl methyl sites for hydroxylation is 2. The van der Waals surface area contributed by atoms with Gasteiger partial charge in [-0.05, 0) is 110 Å². The molecule has 1 nitrogen and oxygen atoms in total. The highest BCUT2D eigenvalue weighted by molar-refractivity contribution is 6.32. The highest BCUT2D eigenvalue weighted by atomic mass is 15.0. The Labute approximate surface area is 250 Å². The van der Waals surface area contributed by atoms with Crippen molar-refractivity contribution in [1.29, 1.82) is 0 Å². The molecular weight excluding hydrogens is 518 g/mol. The number of para-hydroxylation sites is 2. The van der Waals surface area contributed by atoms with Gasteiger partial charge in [-0.25, -0.2) is 0 Å². The third kappa shape index (κ3) is 3.40. The van der Waals surface area contributed by atoms with Gasteiger partial charge in [0.25, 0.3) is 0 Å². The number of hydrogen-bond donors (Lipinski definition) is 0. The highest BCUT2D eigenvalue weighted by Crippen LogP contribution is 2.45. The molecule has 0 spiro atoms. The van der Waals surface area contributed by atoms with Gasteiger partial charge in [-0.3, -0.25) is 0 Å². The van der Waals surface area contributed by atoms with Crippen LogP contribution in [-0.4, -0.2) is 4.57 Å². The summed E-state index contributed by atoms with van der Waals surface area (Å²) >= 11 is 0. The van der Waals surface area contributed by atoms with Crippen LogP contribution in [0, 0.1) is 13.8 Å². The summed E-state index contributed by atoms with van der Waals surface area (Å²) < 4.78 is 2.45. The second kappa shape index (κ2) is 9.05. The molecule has 0 bridgehead atoms. The molecule has 0 saturated carbocycles. The van der Waals surface area contributed by atoms with Crippen LogP contribution >= 0.6 is 0 Å². The number of benzene rings is 8. The monoisotopic (exact) mass is 547 g/mol. The Hall–Kier alpha value is -5.40. The van der Waals surface area contributed by atoms with Crippen molar-refractivity contribution in [2.45, 2.75) is 13.8 Å². The van der Waals surface area contributed by atoms with Crippen molar-refractivity contribution >= 4 is 64.9 Å². The van der Waals surface area contributed by atoms with Crippen LogP contribution in [0.4, 0.5) is 0 Å². The van der Waals surface area contributed by atoms with Gasteiger partial charge in [0.1, 0.15) is 0 Å². The van der Waals surface area contributed by atoms with Gasteiger partial charge < -0.3 is 4.57 Å². The molecule has 9 rings (SSSR count). The van der Waals surface area contributed by atoms with Crippen molar-refractivity contribution in [3.63, 3.8) is 0 Å². The number of fused-ring (bicyclic) bond motifs is 10. The lowest BCUT2D eigenvalue weighted by atomic mass is 9.84. The minimum Gasteiger partial charge on any atom is -0.309 e. The number of rotatable bonds is 2. The highest BCUT2D eigenvalue weighted by Gasteiger charge is 2.20. The van der Waals surface area contributed by atoms with E-state index in [2.05, 4.69) is 158 Å². The van der Waals surface area contributed by atoms with E-state index in [1.54, 1.807) is 0 Å². The number of hydrogen-bond acceptors (Lipinski definition) is 0. The first-order valence-electron chi connectivity index (χ1n) is 15.0. The van der Waals surface area contributed by atoms with Crippen LogP contribution in [0.1, 0.15) is 11.1 Å². The second-order valence-corrected chi connectivity index (χ2v) is 11.8. The summed E-state index contributed by atoms with van der Waals surface area (Å²) in [7, 11) is 0. The average molecular weight is 548 g/mol. The topological polar surface area (TPSA) is 4.93 Å². The van der Waals surface area contributed by atoms with Gasteiger partial charge in [-0.2, -0.15) is 0 Å². The van der Waals surface area contributed by atoms with E-state index < -0.39 is 0 Å². The van der Waals surface area contributed by atoms with E-state index in [0.717, 1.165) is 0 Å². The third-order valence-corrected chi connectivity index (χ3v) is 9.39. The Morgan fingerprint density at radius 2 is 0.884 bits per heavy atom. The summed E-state index contributed by atoms with van der Waals surface area (Å²) in [5.74, 6) is 0. The predicted octanol–water partition coefficient (Wildman–Crippen LogP) is 11.7. The quantitative estimate of drug-likeness (QED) is 0.150. The van der Waals surface area contributed by atoms with E-state index in [0.29, 0.717) is 0 Å². The van der Waals surface area contributed by atoms with Crippen LogP contribution in [0.15, 0.2) is 140 Å². The van der Waals surface area contributed by atoms with E-state index in [1.807, 2.05) is 0 Å². The molecule has 1 heterocycles. The maximum atomic E-state index is 2.45. The minimum atomic E-state index is 1.23. The van der Waals surface area contributed by atoms with E-state index in [-0.39, 0.29) is 0 Å². The molecule has 0 atom stereocenters. The Balaban J connectivity index is 1.43. The fourth-order valence-corrected chi connectivity index (χ4v) is 7.50. The zero-order chi connectivity index (χ0) is 28.7. The SMILES string of the molecule is Cc1cc(-n2c3ccccc3c3ccccc32)c(C)cc1-c1c2ccccc2cc2c3ccccc3c3ccccc3c12. The fraction of sp³-hybridized carbons (Fsp3) is 0.0476. The van der Waals surface area contributed by atoms with Gasteiger partial charge in [0.2, 0.25) is 0 Å². The summed E-state index contributed by atoms with van der Waals surface area (Å²) in [6.45, 7) is 4.55. The summed E-state index contributed by atoms with van der Waals surface area (Å²) in [6.07, 6.45) is 0. The van der Waals surface area contributed by atoms with Gasteiger partial charge in [-0.15, -0.1) is 0 Å². The van der Waals surface area contributed by atoms with Crippen molar-refractivity contribution in [1.82, 2.24) is 4.57 Å². The molecule has 0 fully saturated rings. The maximum absolute atomic E-state index is 2.45. The first kappa shape index (κ1) is 24.2. The summed E-state index contributed by atoms with van der Waals surface area (Å²) in [5.41, 5.74) is 8.88. The van der Waals surface area contributed by atoms with Crippen LogP contribution < -0.4 is 0 Å². The van der Waals surface area contributed by atoms with Crippen molar-refractivity contribution in [3.8, 4) is 16.8 Å². The minimum absolute atomic E-state index is 1.23. The summed E-state index contributed by atoms with van der Waals surface area (Å²) in [5, 5.41) is 13.0. The van der Waals surface area contributed by atoms with Crippen LogP contribution in [-0.2, 0) is 0 Å². The van der Waals surface area contributed by atoms with E-state index in [1.165, 1.54) is 92.8 Å². The normalized spacial score (nSPS) is 12.0. The first-order chi connectivity index (χ1) is 21.2. The zero-order valence-corrected chi connectivity index (χ0v) is 24.2. The molecule has 0 saturated heterocycles. The van der Waals surface area contributed by atoms with Crippen LogP contribution in [0.25, 0.3) is 81.7 Å². The van der Waals surface area contributed by atoms with E-state index in [4.69, 9.17) is 0 Å². The third-order valence-electron chi connectivity index (χ3n) is 9.39. The van der Waals surface area contributed by atoms with E-state index in [9.17, 15) is 0 Å². The molecule has 9 aromatic rings. The maximum Gasteiger partial charge on any atom is 0.0541 e. The van der Waals surface area contributed by atoms with Crippen molar-refractivity contribution in [2.24, 2.45) is 0 Å². The lowest BCUT2D eigenvalue weighted by molar-refractivity contribution is 1.14. The van der Waals surface area contributed by atoms with Crippen molar-refractivity contribution < 1.29 is 0 Å². The van der Waals surface area contributed by atoms with Gasteiger partial charge >= 0.3 is 0 Å². The van der Waals surface area contributed by atoms with Crippen LogP contribution in [0.3, 0.4) is 0 Å². The summed E-state index contributed by atoms with van der Waals surface area (Å²) in [6, 6.07) is 51.5. The smallest absolute Gasteiger partial charge is 0.0541 e. The standard InChI is InChI=1S/C42H29N/c1-26-24-40(43-38-21-11-9-18-33(38)34-19-10-12-22-39(34)43)27(2)23-36(26)41-29-14-4-3-13-28(29)25-37-32-17-6-5-15-30(32)31-16-7-8-20-35(31)42(37)41/h3-25H,1-2H3. The van der Waals surface area contributed by atoms with Crippen molar-refractivity contribution in [2.75, 3.05) is 0 Å². The molecule has 43 heavy (non-hydrogen) atoms. The Morgan fingerprint density at radius 3 is 1.53 bits per heavy atom. The van der Waals surface area contributed by atoms with Crippen LogP contribution in [0.2, 0.25) is 0 Å². The number of nitrogens with zero attached hydrogens (tertiary/aromatic N) is 1. The Morgan fingerprint density at radius 1 is 0.395 bits per heavy atom. The van der Waals surface area contributed by atoms with Gasteiger partial charge in [-0.1, -0.05) is 109 Å². The molecule has 0 amide bonds. The lowest BCUT2D eigenvalue weighted by Crippen LogP contribution is -2.00. The largest absolute Gasteiger partial charge is 0.309 e. The number of aromatic nitrogens is 1. The molecule has 0 unspecified atom stereocenters. The molecule has 0 aliphatic carbocycles. The molecule has 0 N–H and O–H groups in total. The summed E-state index contributed by atoms with van der Waals surface area (Å²) in [4.78, 5) is 0. The molecule has 1 heteroatoms. The Kier molecular flexibility index (Phi) is 5.10. The second-order valence-electron chi connectivity index (χ2n) is 11.8. The molecule has 0 aliphatic rings. The predicted molar refractivity (Wildman–Crippen MR) is 186 cm³/mol. The van der Waals surface area contributed by atoms with Gasteiger partial charge in [0.05, 0.1) is 11.0 Å². The van der Waals surface area contributed by atoms with Gasteiger partial charge in [0, 0.05) is 16.5 Å². The van der Waals surface area contributed by atoms with Gasteiger partial charge in [0.15, 0.2) is 0 Å². The first-order valence-corrected chi connectivity index (χ1v) is 15.0. The van der Waals surface area contributed by atoms with Crippen molar-refractivity contribution in [3.05, 3.63) is 151 Å². The van der Waals surface area contributed by atoms with E-state index >= 15 is 0 Å².